The topological polar surface area (TPSA) is 81.8 Å². The maximum Gasteiger partial charge on any atom is 0.239 e. The smallest absolute Gasteiger partial charge is 0.239 e. The minimum atomic E-state index is -0.276. The predicted molar refractivity (Wildman–Crippen MR) is 89.3 cm³/mol. The summed E-state index contributed by atoms with van der Waals surface area (Å²) >= 11 is 5.97. The highest BCUT2D eigenvalue weighted by molar-refractivity contribution is 6.33. The number of para-hydroxylation sites is 1. The van der Waals surface area contributed by atoms with Crippen molar-refractivity contribution in [2.45, 2.75) is 0 Å². The highest BCUT2D eigenvalue weighted by Gasteiger charge is 2.16. The van der Waals surface area contributed by atoms with Gasteiger partial charge < -0.3 is 15.5 Å². The predicted octanol–water partition coefficient (Wildman–Crippen LogP) is 0.415. The molecule has 2 N–H and O–H groups in total. The maximum atomic E-state index is 12.0. The molecule has 0 radical (unpaired) electrons. The number of hydrogen-bond donors (Lipinski definition) is 2. The molecule has 126 valence electrons. The van der Waals surface area contributed by atoms with Crippen molar-refractivity contribution in [2.75, 3.05) is 46.1 Å². The van der Waals surface area contributed by atoms with Crippen LogP contribution in [-0.4, -0.2) is 68.3 Å². The SMILES string of the molecule is CNC(=O)CN(C)C(=O)CN(C)CC(=O)Nc1ccccc1Cl. The molecule has 0 bridgehead atoms. The minimum Gasteiger partial charge on any atom is -0.358 e. The van der Waals surface area contributed by atoms with E-state index in [0.717, 1.165) is 0 Å². The summed E-state index contributed by atoms with van der Waals surface area (Å²) in [5.74, 6) is -0.774. The van der Waals surface area contributed by atoms with Gasteiger partial charge in [0.05, 0.1) is 30.3 Å². The Morgan fingerprint density at radius 2 is 1.70 bits per heavy atom. The number of anilines is 1. The highest BCUT2D eigenvalue weighted by atomic mass is 35.5. The molecule has 1 rings (SSSR count). The number of amides is 3. The fraction of sp³-hybridized carbons (Fsp3) is 0.400. The Labute approximate surface area is 140 Å². The first-order valence-corrected chi connectivity index (χ1v) is 7.38. The molecule has 1 aromatic carbocycles. The van der Waals surface area contributed by atoms with Gasteiger partial charge in [0.1, 0.15) is 0 Å². The first-order valence-electron chi connectivity index (χ1n) is 7.01. The summed E-state index contributed by atoms with van der Waals surface area (Å²) in [6, 6.07) is 6.91. The average Bonchev–Trinajstić information content (AvgIpc) is 2.49. The lowest BCUT2D eigenvalue weighted by Crippen LogP contribution is -2.43. The molecule has 0 fully saturated rings. The van der Waals surface area contributed by atoms with Crippen LogP contribution in [-0.2, 0) is 14.4 Å². The lowest BCUT2D eigenvalue weighted by Gasteiger charge is -2.21. The summed E-state index contributed by atoms with van der Waals surface area (Å²) < 4.78 is 0. The summed E-state index contributed by atoms with van der Waals surface area (Å²) in [4.78, 5) is 38.0. The molecule has 7 nitrogen and oxygen atoms in total. The van der Waals surface area contributed by atoms with Gasteiger partial charge in [0.15, 0.2) is 0 Å². The first kappa shape index (κ1) is 18.9. The van der Waals surface area contributed by atoms with Crippen molar-refractivity contribution in [3.63, 3.8) is 0 Å². The van der Waals surface area contributed by atoms with Crippen LogP contribution in [0.15, 0.2) is 24.3 Å². The first-order chi connectivity index (χ1) is 10.8. The van der Waals surface area contributed by atoms with E-state index in [1.54, 1.807) is 36.2 Å². The number of rotatable bonds is 7. The average molecular weight is 341 g/mol. The summed E-state index contributed by atoms with van der Waals surface area (Å²) in [5.41, 5.74) is 0.524. The Bertz CT molecular complexity index is 580. The summed E-state index contributed by atoms with van der Waals surface area (Å²) in [5, 5.41) is 5.58. The highest BCUT2D eigenvalue weighted by Crippen LogP contribution is 2.20. The lowest BCUT2D eigenvalue weighted by atomic mass is 10.3. The van der Waals surface area contributed by atoms with Crippen molar-refractivity contribution in [1.82, 2.24) is 15.1 Å². The van der Waals surface area contributed by atoms with Crippen molar-refractivity contribution in [1.29, 1.82) is 0 Å². The molecule has 0 saturated carbocycles. The lowest BCUT2D eigenvalue weighted by molar-refractivity contribution is -0.135. The van der Waals surface area contributed by atoms with Crippen LogP contribution in [0.1, 0.15) is 0 Å². The molecule has 0 heterocycles. The Balaban J connectivity index is 2.45. The fourth-order valence-electron chi connectivity index (χ4n) is 1.79. The van der Waals surface area contributed by atoms with Gasteiger partial charge in [0, 0.05) is 14.1 Å². The number of likely N-dealkylation sites (N-methyl/N-ethyl adjacent to an activating group) is 3. The standard InChI is InChI=1S/C15H21ClN4O3/c1-17-13(21)9-20(3)15(23)10-19(2)8-14(22)18-12-7-5-4-6-11(12)16/h4-7H,8-10H2,1-3H3,(H,17,21)(H,18,22). The Morgan fingerprint density at radius 3 is 2.30 bits per heavy atom. The van der Waals surface area contributed by atoms with E-state index in [0.29, 0.717) is 10.7 Å². The molecule has 0 unspecified atom stereocenters. The second-order valence-corrected chi connectivity index (χ2v) is 5.53. The van der Waals surface area contributed by atoms with Crippen LogP contribution in [0.2, 0.25) is 5.02 Å². The van der Waals surface area contributed by atoms with E-state index in [9.17, 15) is 14.4 Å². The Hall–Kier alpha value is -2.12. The van der Waals surface area contributed by atoms with Crippen LogP contribution in [0, 0.1) is 0 Å². The molecule has 1 aromatic rings. The molecule has 0 spiro atoms. The second-order valence-electron chi connectivity index (χ2n) is 5.12. The summed E-state index contributed by atoms with van der Waals surface area (Å²) in [7, 11) is 4.69. The van der Waals surface area contributed by atoms with E-state index in [-0.39, 0.29) is 37.4 Å². The number of benzene rings is 1. The molecule has 0 aromatic heterocycles. The van der Waals surface area contributed by atoms with Gasteiger partial charge in [-0.3, -0.25) is 19.3 Å². The maximum absolute atomic E-state index is 12.0. The number of nitrogens with zero attached hydrogens (tertiary/aromatic N) is 2. The third-order valence-electron chi connectivity index (χ3n) is 3.05. The van der Waals surface area contributed by atoms with E-state index in [1.165, 1.54) is 19.0 Å². The zero-order chi connectivity index (χ0) is 17.4. The van der Waals surface area contributed by atoms with Crippen molar-refractivity contribution in [3.8, 4) is 0 Å². The monoisotopic (exact) mass is 340 g/mol. The quantitative estimate of drug-likeness (QED) is 0.753. The summed E-state index contributed by atoms with van der Waals surface area (Å²) in [6.07, 6.45) is 0. The zero-order valence-corrected chi connectivity index (χ0v) is 14.2. The van der Waals surface area contributed by atoms with Crippen LogP contribution in [0.25, 0.3) is 0 Å². The van der Waals surface area contributed by atoms with Gasteiger partial charge in [-0.1, -0.05) is 23.7 Å². The molecule has 0 aliphatic rings. The molecule has 3 amide bonds. The van der Waals surface area contributed by atoms with Crippen molar-refractivity contribution in [3.05, 3.63) is 29.3 Å². The van der Waals surface area contributed by atoms with E-state index in [4.69, 9.17) is 11.6 Å². The molecule has 23 heavy (non-hydrogen) atoms. The molecule has 0 saturated heterocycles. The second kappa shape index (κ2) is 9.12. The summed E-state index contributed by atoms with van der Waals surface area (Å²) in [6.45, 7) is 0.0448. The van der Waals surface area contributed by atoms with Crippen molar-refractivity contribution in [2.24, 2.45) is 0 Å². The Kier molecular flexibility index (Phi) is 7.50. The van der Waals surface area contributed by atoms with Crippen LogP contribution < -0.4 is 10.6 Å². The minimum absolute atomic E-state index is 0.0189. The van der Waals surface area contributed by atoms with Gasteiger partial charge in [-0.25, -0.2) is 0 Å². The number of carbonyl (C=O) groups is 3. The van der Waals surface area contributed by atoms with Crippen LogP contribution in [0.5, 0.6) is 0 Å². The van der Waals surface area contributed by atoms with Crippen molar-refractivity contribution >= 4 is 35.0 Å². The van der Waals surface area contributed by atoms with E-state index < -0.39 is 0 Å². The number of halogens is 1. The fourth-order valence-corrected chi connectivity index (χ4v) is 1.97. The Morgan fingerprint density at radius 1 is 1.04 bits per heavy atom. The van der Waals surface area contributed by atoms with Gasteiger partial charge >= 0.3 is 0 Å². The molecular weight excluding hydrogens is 320 g/mol. The van der Waals surface area contributed by atoms with Crippen LogP contribution in [0.3, 0.4) is 0 Å². The largest absolute Gasteiger partial charge is 0.358 e. The molecule has 8 heteroatoms. The molecular formula is C15H21ClN4O3. The number of hydrogen-bond acceptors (Lipinski definition) is 4. The van der Waals surface area contributed by atoms with Crippen molar-refractivity contribution < 1.29 is 14.4 Å². The third kappa shape index (κ3) is 6.66. The zero-order valence-electron chi connectivity index (χ0n) is 13.4. The van der Waals surface area contributed by atoms with Gasteiger partial charge in [-0.15, -0.1) is 0 Å². The molecule has 0 atom stereocenters. The molecule has 0 aliphatic heterocycles. The van der Waals surface area contributed by atoms with Gasteiger partial charge in [-0.05, 0) is 19.2 Å². The third-order valence-corrected chi connectivity index (χ3v) is 3.38. The van der Waals surface area contributed by atoms with E-state index in [2.05, 4.69) is 10.6 Å². The van der Waals surface area contributed by atoms with Gasteiger partial charge in [0.25, 0.3) is 0 Å². The van der Waals surface area contributed by atoms with Gasteiger partial charge in [0.2, 0.25) is 17.7 Å². The molecule has 0 aliphatic carbocycles. The van der Waals surface area contributed by atoms with Gasteiger partial charge in [-0.2, -0.15) is 0 Å². The number of nitrogens with one attached hydrogen (secondary N) is 2. The van der Waals surface area contributed by atoms with Crippen LogP contribution in [0.4, 0.5) is 5.69 Å². The normalized spacial score (nSPS) is 10.3. The van der Waals surface area contributed by atoms with E-state index in [1.807, 2.05) is 0 Å². The van der Waals surface area contributed by atoms with E-state index >= 15 is 0 Å². The van der Waals surface area contributed by atoms with Crippen LogP contribution >= 0.6 is 11.6 Å². The number of carbonyl (C=O) groups excluding carboxylic acids is 3.